The van der Waals surface area contributed by atoms with Crippen molar-refractivity contribution in [2.45, 2.75) is 17.9 Å². The highest BCUT2D eigenvalue weighted by molar-refractivity contribution is 7.89. The van der Waals surface area contributed by atoms with Crippen molar-refractivity contribution >= 4 is 44.8 Å². The highest BCUT2D eigenvalue weighted by Crippen LogP contribution is 2.30. The summed E-state index contributed by atoms with van der Waals surface area (Å²) in [5.41, 5.74) is 2.17. The number of piperazine rings is 1. The second-order valence-corrected chi connectivity index (χ2v) is 10.7. The van der Waals surface area contributed by atoms with Crippen LogP contribution in [0, 0.1) is 0 Å². The van der Waals surface area contributed by atoms with Gasteiger partial charge in [0, 0.05) is 58.4 Å². The number of rotatable bonds is 8. The minimum atomic E-state index is -3.84. The molecule has 0 unspecified atom stereocenters. The van der Waals surface area contributed by atoms with Gasteiger partial charge in [0.25, 0.3) is 0 Å². The van der Waals surface area contributed by atoms with E-state index in [0.717, 1.165) is 36.0 Å². The van der Waals surface area contributed by atoms with E-state index >= 15 is 0 Å². The first-order valence-corrected chi connectivity index (χ1v) is 12.6. The van der Waals surface area contributed by atoms with Crippen LogP contribution in [0.3, 0.4) is 0 Å². The molecule has 7 nitrogen and oxygen atoms in total. The predicted molar refractivity (Wildman–Crippen MR) is 129 cm³/mol. The number of nitrogens with zero attached hydrogens (tertiary/aromatic N) is 3. The van der Waals surface area contributed by atoms with Crippen LogP contribution in [0.5, 0.6) is 0 Å². The number of benzene rings is 2. The molecule has 2 aromatic rings. The first kappa shape index (κ1) is 24.8. The number of likely N-dealkylation sites (N-methyl/N-ethyl adjacent to an activating group) is 1. The van der Waals surface area contributed by atoms with Gasteiger partial charge in [0.15, 0.2) is 0 Å². The number of carbonyl (C=O) groups excluding carboxylic acids is 1. The molecule has 0 bridgehead atoms. The van der Waals surface area contributed by atoms with Crippen LogP contribution in [0.2, 0.25) is 10.0 Å². The Balaban J connectivity index is 1.48. The lowest BCUT2D eigenvalue weighted by Gasteiger charge is -2.34. The molecule has 32 heavy (non-hydrogen) atoms. The SMILES string of the molecule is CN1CCN(c2ccc(CNC(=O)CCN(C)S(=O)(=O)c3cccc(Cl)c3Cl)cc2)CC1. The number of amides is 1. The van der Waals surface area contributed by atoms with Crippen LogP contribution in [0.25, 0.3) is 0 Å². The van der Waals surface area contributed by atoms with Crippen molar-refractivity contribution in [3.63, 3.8) is 0 Å². The van der Waals surface area contributed by atoms with Crippen molar-refractivity contribution in [3.8, 4) is 0 Å². The summed E-state index contributed by atoms with van der Waals surface area (Å²) < 4.78 is 26.6. The minimum Gasteiger partial charge on any atom is -0.369 e. The topological polar surface area (TPSA) is 73.0 Å². The summed E-state index contributed by atoms with van der Waals surface area (Å²) in [5.74, 6) is -0.229. The van der Waals surface area contributed by atoms with Crippen molar-refractivity contribution in [1.82, 2.24) is 14.5 Å². The molecule has 1 amide bonds. The largest absolute Gasteiger partial charge is 0.369 e. The Kier molecular flexibility index (Phi) is 8.41. The molecule has 1 N–H and O–H groups in total. The van der Waals surface area contributed by atoms with Crippen molar-refractivity contribution < 1.29 is 13.2 Å². The van der Waals surface area contributed by atoms with Crippen LogP contribution in [0.1, 0.15) is 12.0 Å². The summed E-state index contributed by atoms with van der Waals surface area (Å²) in [5, 5.41) is 2.98. The zero-order chi connectivity index (χ0) is 23.3. The molecular formula is C22H28Cl2N4O3S. The van der Waals surface area contributed by atoms with Gasteiger partial charge in [0.2, 0.25) is 15.9 Å². The molecule has 0 atom stereocenters. The van der Waals surface area contributed by atoms with Gasteiger partial charge in [-0.05, 0) is 36.9 Å². The first-order valence-electron chi connectivity index (χ1n) is 10.4. The molecular weight excluding hydrogens is 471 g/mol. The van der Waals surface area contributed by atoms with E-state index in [9.17, 15) is 13.2 Å². The molecule has 1 heterocycles. The average molecular weight is 499 g/mol. The van der Waals surface area contributed by atoms with Crippen LogP contribution >= 0.6 is 23.2 Å². The summed E-state index contributed by atoms with van der Waals surface area (Å²) in [7, 11) is -0.303. The van der Waals surface area contributed by atoms with Gasteiger partial charge in [0.1, 0.15) is 4.90 Å². The van der Waals surface area contributed by atoms with Gasteiger partial charge in [-0.15, -0.1) is 0 Å². The maximum Gasteiger partial charge on any atom is 0.244 e. The van der Waals surface area contributed by atoms with Crippen LogP contribution in [0.4, 0.5) is 5.69 Å². The summed E-state index contributed by atoms with van der Waals surface area (Å²) in [6, 6.07) is 12.6. The Bertz CT molecular complexity index is 1040. The molecule has 0 spiro atoms. The molecule has 10 heteroatoms. The van der Waals surface area contributed by atoms with Crippen LogP contribution < -0.4 is 10.2 Å². The summed E-state index contributed by atoms with van der Waals surface area (Å²) >= 11 is 12.0. The summed E-state index contributed by atoms with van der Waals surface area (Å²) in [6.07, 6.45) is 0.0350. The molecule has 0 radical (unpaired) electrons. The zero-order valence-electron chi connectivity index (χ0n) is 18.2. The van der Waals surface area contributed by atoms with E-state index in [1.54, 1.807) is 0 Å². The van der Waals surface area contributed by atoms with Gasteiger partial charge in [-0.2, -0.15) is 0 Å². The molecule has 0 aliphatic carbocycles. The Labute approximate surface area is 199 Å². The van der Waals surface area contributed by atoms with Gasteiger partial charge < -0.3 is 15.1 Å². The smallest absolute Gasteiger partial charge is 0.244 e. The Morgan fingerprint density at radius 3 is 2.38 bits per heavy atom. The lowest BCUT2D eigenvalue weighted by atomic mass is 10.1. The molecule has 1 fully saturated rings. The van der Waals surface area contributed by atoms with Gasteiger partial charge in [0.05, 0.1) is 10.0 Å². The lowest BCUT2D eigenvalue weighted by Crippen LogP contribution is -2.44. The third-order valence-electron chi connectivity index (χ3n) is 5.55. The van der Waals surface area contributed by atoms with E-state index in [2.05, 4.69) is 34.3 Å². The van der Waals surface area contributed by atoms with E-state index < -0.39 is 10.0 Å². The number of hydrogen-bond acceptors (Lipinski definition) is 5. The third-order valence-corrected chi connectivity index (χ3v) is 8.38. The number of nitrogens with one attached hydrogen (secondary N) is 1. The summed E-state index contributed by atoms with van der Waals surface area (Å²) in [6.45, 7) is 4.52. The highest BCUT2D eigenvalue weighted by atomic mass is 35.5. The predicted octanol–water partition coefficient (Wildman–Crippen LogP) is 3.07. The molecule has 174 valence electrons. The van der Waals surface area contributed by atoms with Crippen molar-refractivity contribution in [2.75, 3.05) is 51.7 Å². The van der Waals surface area contributed by atoms with Crippen molar-refractivity contribution in [1.29, 1.82) is 0 Å². The quantitative estimate of drug-likeness (QED) is 0.605. The Hall–Kier alpha value is -1.84. The van der Waals surface area contributed by atoms with Gasteiger partial charge in [-0.25, -0.2) is 12.7 Å². The normalized spacial score (nSPS) is 15.2. The minimum absolute atomic E-state index is 0.0227. The molecule has 3 rings (SSSR count). The first-order chi connectivity index (χ1) is 15.2. The number of sulfonamides is 1. The second kappa shape index (κ2) is 10.9. The van der Waals surface area contributed by atoms with E-state index in [1.807, 2.05) is 12.1 Å². The van der Waals surface area contributed by atoms with Gasteiger partial charge in [-0.1, -0.05) is 41.4 Å². The lowest BCUT2D eigenvalue weighted by molar-refractivity contribution is -0.121. The van der Waals surface area contributed by atoms with Crippen LogP contribution in [-0.2, 0) is 21.4 Å². The highest BCUT2D eigenvalue weighted by Gasteiger charge is 2.25. The third kappa shape index (κ3) is 6.14. The standard InChI is InChI=1S/C22H28Cl2N4O3S/c1-26-12-14-28(15-13-26)18-8-6-17(7-9-18)16-25-21(29)10-11-27(2)32(30,31)20-5-3-4-19(23)22(20)24/h3-9H,10-16H2,1-2H3,(H,25,29). The van der Waals surface area contributed by atoms with Crippen molar-refractivity contribution in [3.05, 3.63) is 58.1 Å². The maximum atomic E-state index is 12.7. The molecule has 0 aromatic heterocycles. The molecule has 0 saturated carbocycles. The van der Waals surface area contributed by atoms with E-state index in [-0.39, 0.29) is 33.8 Å². The number of halogens is 2. The Morgan fingerprint density at radius 2 is 1.72 bits per heavy atom. The monoisotopic (exact) mass is 498 g/mol. The summed E-state index contributed by atoms with van der Waals surface area (Å²) in [4.78, 5) is 16.8. The van der Waals surface area contributed by atoms with Gasteiger partial charge >= 0.3 is 0 Å². The fraction of sp³-hybridized carbons (Fsp3) is 0.409. The Morgan fingerprint density at radius 1 is 1.06 bits per heavy atom. The number of anilines is 1. The fourth-order valence-corrected chi connectivity index (χ4v) is 5.31. The van der Waals surface area contributed by atoms with E-state index in [1.165, 1.54) is 30.9 Å². The molecule has 1 saturated heterocycles. The second-order valence-electron chi connectivity index (χ2n) is 7.86. The number of carbonyl (C=O) groups is 1. The molecule has 2 aromatic carbocycles. The average Bonchev–Trinajstić information content (AvgIpc) is 2.78. The van der Waals surface area contributed by atoms with Crippen molar-refractivity contribution in [2.24, 2.45) is 0 Å². The van der Waals surface area contributed by atoms with E-state index in [0.29, 0.717) is 6.54 Å². The zero-order valence-corrected chi connectivity index (χ0v) is 20.6. The van der Waals surface area contributed by atoms with Crippen LogP contribution in [0.15, 0.2) is 47.4 Å². The molecule has 1 aliphatic rings. The maximum absolute atomic E-state index is 12.7. The fourth-order valence-electron chi connectivity index (χ4n) is 3.41. The van der Waals surface area contributed by atoms with Crippen LogP contribution in [-0.4, -0.2) is 70.3 Å². The van der Waals surface area contributed by atoms with Gasteiger partial charge in [-0.3, -0.25) is 4.79 Å². The number of hydrogen-bond donors (Lipinski definition) is 1. The van der Waals surface area contributed by atoms with E-state index in [4.69, 9.17) is 23.2 Å². The molecule has 1 aliphatic heterocycles.